The molecule has 32 heavy (non-hydrogen) atoms. The molecule has 0 bridgehead atoms. The van der Waals surface area contributed by atoms with Crippen molar-refractivity contribution in [1.82, 2.24) is 14.9 Å². The molecule has 0 saturated carbocycles. The number of amides is 1. The molecular weight excluding hydrogens is 418 g/mol. The van der Waals surface area contributed by atoms with Crippen LogP contribution in [0.25, 0.3) is 5.69 Å². The number of nitrogens with one attached hydrogen (secondary N) is 1. The lowest BCUT2D eigenvalue weighted by atomic mass is 10.0. The topological polar surface area (TPSA) is 74.0 Å². The fourth-order valence-electron chi connectivity index (χ4n) is 3.90. The van der Waals surface area contributed by atoms with Crippen LogP contribution in [0.3, 0.4) is 0 Å². The van der Waals surface area contributed by atoms with Crippen molar-refractivity contribution in [1.29, 1.82) is 5.26 Å². The summed E-state index contributed by atoms with van der Waals surface area (Å²) in [4.78, 5) is 19.3. The van der Waals surface area contributed by atoms with Crippen LogP contribution in [0.5, 0.6) is 0 Å². The number of piperidine rings is 1. The monoisotopic (exact) mass is 445 g/mol. The minimum atomic E-state index is 0.0430. The zero-order valence-corrected chi connectivity index (χ0v) is 19.2. The summed E-state index contributed by atoms with van der Waals surface area (Å²) in [5.41, 5.74) is 5.35. The van der Waals surface area contributed by atoms with Crippen LogP contribution in [0, 0.1) is 25.2 Å². The summed E-state index contributed by atoms with van der Waals surface area (Å²) >= 11 is 1.46. The van der Waals surface area contributed by atoms with Crippen LogP contribution in [0.1, 0.15) is 29.5 Å². The van der Waals surface area contributed by atoms with Crippen molar-refractivity contribution in [2.45, 2.75) is 37.9 Å². The fourth-order valence-corrected chi connectivity index (χ4v) is 4.68. The minimum absolute atomic E-state index is 0.0430. The summed E-state index contributed by atoms with van der Waals surface area (Å²) < 4.78 is 2.03. The third-order valence-corrected chi connectivity index (χ3v) is 6.90. The van der Waals surface area contributed by atoms with E-state index in [4.69, 9.17) is 5.26 Å². The Hall–Kier alpha value is -3.24. The average molecular weight is 446 g/mol. The van der Waals surface area contributed by atoms with Gasteiger partial charge in [-0.25, -0.2) is 4.98 Å². The summed E-state index contributed by atoms with van der Waals surface area (Å²) in [6.07, 6.45) is 5.53. The van der Waals surface area contributed by atoms with E-state index in [0.29, 0.717) is 11.3 Å². The highest BCUT2D eigenvalue weighted by Gasteiger charge is 2.21. The molecule has 1 N–H and O–H groups in total. The van der Waals surface area contributed by atoms with Gasteiger partial charge in [-0.15, -0.1) is 0 Å². The summed E-state index contributed by atoms with van der Waals surface area (Å²) in [7, 11) is 0. The van der Waals surface area contributed by atoms with Crippen LogP contribution in [-0.4, -0.2) is 40.3 Å². The highest BCUT2D eigenvalue weighted by atomic mass is 32.2. The number of benzene rings is 2. The summed E-state index contributed by atoms with van der Waals surface area (Å²) in [6.45, 7) is 5.98. The molecule has 2 aromatic carbocycles. The minimum Gasteiger partial charge on any atom is -0.371 e. The maximum Gasteiger partial charge on any atom is 0.230 e. The molecule has 1 aromatic heterocycles. The standard InChI is InChI=1S/C25H27N5OS/c1-18-3-6-23(15-19(18)2)30-14-11-27-25(30)32-17-24(31)28-21-9-12-29(13-10-21)22-7-4-20(16-26)5-8-22/h3-8,11,14-15,21H,9-10,12-13,17H2,1-2H3,(H,28,31). The molecule has 1 aliphatic heterocycles. The molecule has 1 amide bonds. The van der Waals surface area contributed by atoms with Gasteiger partial charge >= 0.3 is 0 Å². The first kappa shape index (κ1) is 22.0. The second-order valence-electron chi connectivity index (χ2n) is 8.12. The highest BCUT2D eigenvalue weighted by molar-refractivity contribution is 7.99. The lowest BCUT2D eigenvalue weighted by Crippen LogP contribution is -2.45. The van der Waals surface area contributed by atoms with Crippen molar-refractivity contribution in [3.05, 3.63) is 71.5 Å². The molecule has 164 valence electrons. The number of nitrogens with zero attached hydrogens (tertiary/aromatic N) is 4. The number of carbonyl (C=O) groups excluding carboxylic acids is 1. The smallest absolute Gasteiger partial charge is 0.230 e. The van der Waals surface area contributed by atoms with Gasteiger partial charge in [0.15, 0.2) is 5.16 Å². The summed E-state index contributed by atoms with van der Waals surface area (Å²) in [5.74, 6) is 0.388. The van der Waals surface area contributed by atoms with Gasteiger partial charge in [0.25, 0.3) is 0 Å². The normalized spacial score (nSPS) is 14.2. The number of aromatic nitrogens is 2. The molecule has 1 aliphatic rings. The van der Waals surface area contributed by atoms with Crippen LogP contribution in [0.2, 0.25) is 0 Å². The Morgan fingerprint density at radius 2 is 1.84 bits per heavy atom. The number of imidazole rings is 1. The molecule has 4 rings (SSSR count). The zero-order chi connectivity index (χ0) is 22.5. The summed E-state index contributed by atoms with van der Waals surface area (Å²) in [6, 6.07) is 16.4. The number of thioether (sulfide) groups is 1. The van der Waals surface area contributed by atoms with Crippen molar-refractivity contribution in [2.75, 3.05) is 23.7 Å². The van der Waals surface area contributed by atoms with E-state index in [1.807, 2.05) is 35.0 Å². The molecule has 1 saturated heterocycles. The Labute approximate surface area is 193 Å². The van der Waals surface area contributed by atoms with Crippen LogP contribution < -0.4 is 10.2 Å². The van der Waals surface area contributed by atoms with E-state index >= 15 is 0 Å². The van der Waals surface area contributed by atoms with Crippen molar-refractivity contribution in [2.24, 2.45) is 0 Å². The van der Waals surface area contributed by atoms with Gasteiger partial charge in [-0.2, -0.15) is 5.26 Å². The molecule has 0 spiro atoms. The Morgan fingerprint density at radius 3 is 2.53 bits per heavy atom. The van der Waals surface area contributed by atoms with Crippen LogP contribution in [0.4, 0.5) is 5.69 Å². The Morgan fingerprint density at radius 1 is 1.12 bits per heavy atom. The third kappa shape index (κ3) is 5.14. The largest absolute Gasteiger partial charge is 0.371 e. The molecule has 6 nitrogen and oxygen atoms in total. The SMILES string of the molecule is Cc1ccc(-n2ccnc2SCC(=O)NC2CCN(c3ccc(C#N)cc3)CC2)cc1C. The first-order chi connectivity index (χ1) is 15.5. The average Bonchev–Trinajstić information content (AvgIpc) is 3.29. The zero-order valence-electron chi connectivity index (χ0n) is 18.4. The lowest BCUT2D eigenvalue weighted by molar-refractivity contribution is -0.119. The van der Waals surface area contributed by atoms with Crippen LogP contribution >= 0.6 is 11.8 Å². The van der Waals surface area contributed by atoms with Gasteiger partial charge in [0, 0.05) is 42.9 Å². The van der Waals surface area contributed by atoms with Crippen molar-refractivity contribution >= 4 is 23.4 Å². The number of carbonyl (C=O) groups is 1. The van der Waals surface area contributed by atoms with Gasteiger partial charge < -0.3 is 10.2 Å². The van der Waals surface area contributed by atoms with Gasteiger partial charge in [0.2, 0.25) is 5.91 Å². The molecule has 0 radical (unpaired) electrons. The maximum absolute atomic E-state index is 12.6. The van der Waals surface area contributed by atoms with E-state index in [9.17, 15) is 4.79 Å². The molecule has 3 aromatic rings. The number of hydrogen-bond acceptors (Lipinski definition) is 5. The predicted octanol–water partition coefficient (Wildman–Crippen LogP) is 4.24. The Bertz CT molecular complexity index is 1120. The van der Waals surface area contributed by atoms with Gasteiger partial charge in [-0.1, -0.05) is 17.8 Å². The molecule has 0 aliphatic carbocycles. The second-order valence-corrected chi connectivity index (χ2v) is 9.07. The quantitative estimate of drug-likeness (QED) is 0.575. The molecule has 0 atom stereocenters. The van der Waals surface area contributed by atoms with E-state index in [1.165, 1.54) is 22.9 Å². The van der Waals surface area contributed by atoms with Gasteiger partial charge in [-0.3, -0.25) is 9.36 Å². The summed E-state index contributed by atoms with van der Waals surface area (Å²) in [5, 5.41) is 12.9. The van der Waals surface area contributed by atoms with Crippen molar-refractivity contribution in [3.63, 3.8) is 0 Å². The predicted molar refractivity (Wildman–Crippen MR) is 128 cm³/mol. The van der Waals surface area contributed by atoms with Crippen molar-refractivity contribution < 1.29 is 4.79 Å². The van der Waals surface area contributed by atoms with E-state index < -0.39 is 0 Å². The Kier molecular flexibility index (Phi) is 6.81. The van der Waals surface area contributed by atoms with E-state index in [2.05, 4.69) is 53.3 Å². The fraction of sp³-hybridized carbons (Fsp3) is 0.320. The number of nitriles is 1. The first-order valence-corrected chi connectivity index (χ1v) is 11.8. The lowest BCUT2D eigenvalue weighted by Gasteiger charge is -2.34. The van der Waals surface area contributed by atoms with Crippen molar-refractivity contribution in [3.8, 4) is 11.8 Å². The number of anilines is 1. The van der Waals surface area contributed by atoms with E-state index in [1.54, 1.807) is 6.20 Å². The Balaban J connectivity index is 1.27. The molecule has 1 fully saturated rings. The van der Waals surface area contributed by atoms with Crippen LogP contribution in [0.15, 0.2) is 60.0 Å². The number of hydrogen-bond donors (Lipinski definition) is 1. The number of rotatable bonds is 6. The molecule has 7 heteroatoms. The number of aryl methyl sites for hydroxylation is 2. The van der Waals surface area contributed by atoms with E-state index in [-0.39, 0.29) is 11.9 Å². The third-order valence-electron chi connectivity index (χ3n) is 5.93. The van der Waals surface area contributed by atoms with Gasteiger partial charge in [0.1, 0.15) is 0 Å². The molecule has 2 heterocycles. The maximum atomic E-state index is 12.6. The first-order valence-electron chi connectivity index (χ1n) is 10.8. The van der Waals surface area contributed by atoms with E-state index in [0.717, 1.165) is 42.5 Å². The highest BCUT2D eigenvalue weighted by Crippen LogP contribution is 2.23. The van der Waals surface area contributed by atoms with Gasteiger partial charge in [-0.05, 0) is 74.2 Å². The van der Waals surface area contributed by atoms with Gasteiger partial charge in [0.05, 0.1) is 17.4 Å². The second kappa shape index (κ2) is 9.92. The van der Waals surface area contributed by atoms with Crippen LogP contribution in [-0.2, 0) is 4.79 Å². The molecule has 0 unspecified atom stereocenters. The molecular formula is C25H27N5OS.